The maximum atomic E-state index is 12.8. The fourth-order valence-electron chi connectivity index (χ4n) is 3.84. The highest BCUT2D eigenvalue weighted by atomic mass is 35.5. The molecule has 0 saturated heterocycles. The fourth-order valence-corrected chi connectivity index (χ4v) is 3.84. The first-order valence-electron chi connectivity index (χ1n) is 10.1. The van der Waals surface area contributed by atoms with E-state index in [9.17, 15) is 9.59 Å². The lowest BCUT2D eigenvalue weighted by Crippen LogP contribution is -2.44. The highest BCUT2D eigenvalue weighted by Gasteiger charge is 2.32. The molecule has 0 aromatic heterocycles. The molecule has 0 bridgehead atoms. The third-order valence-electron chi connectivity index (χ3n) is 5.39. The second kappa shape index (κ2) is 11.5. The van der Waals surface area contributed by atoms with Crippen LogP contribution in [0.1, 0.15) is 29.9 Å². The molecule has 1 aliphatic rings. The largest absolute Gasteiger partial charge is 0.460 e. The standard InChI is InChI=1S/C24H28N2O4.ClH/c1-3-15-29-23(27)22(13-8-14-25)26(2)24(28)30-16-21-19-11-6-4-9-17(19)18-10-5-7-12-20(18)21;/h3-7,9-12,21-22H,1,8,13-16,25H2,2H3;1H/t22-;/m0./s1. The summed E-state index contributed by atoms with van der Waals surface area (Å²) in [6.45, 7) is 4.25. The molecule has 1 atom stereocenters. The van der Waals surface area contributed by atoms with Crippen LogP contribution in [0.4, 0.5) is 4.79 Å². The third kappa shape index (κ3) is 5.46. The number of amides is 1. The molecule has 0 unspecified atom stereocenters. The smallest absolute Gasteiger partial charge is 0.410 e. The van der Waals surface area contributed by atoms with Gasteiger partial charge in [-0.1, -0.05) is 61.2 Å². The maximum absolute atomic E-state index is 12.8. The van der Waals surface area contributed by atoms with Gasteiger partial charge in [0.25, 0.3) is 0 Å². The van der Waals surface area contributed by atoms with Gasteiger partial charge in [-0.25, -0.2) is 9.59 Å². The van der Waals surface area contributed by atoms with Crippen molar-refractivity contribution in [2.24, 2.45) is 5.73 Å². The van der Waals surface area contributed by atoms with Gasteiger partial charge < -0.3 is 15.2 Å². The summed E-state index contributed by atoms with van der Waals surface area (Å²) in [4.78, 5) is 26.4. The quantitative estimate of drug-likeness (QED) is 0.464. The summed E-state index contributed by atoms with van der Waals surface area (Å²) >= 11 is 0. The van der Waals surface area contributed by atoms with Crippen LogP contribution in [0, 0.1) is 0 Å². The molecular weight excluding hydrogens is 416 g/mol. The number of likely N-dealkylation sites (N-methyl/N-ethyl adjacent to an activating group) is 1. The molecule has 0 spiro atoms. The fraction of sp³-hybridized carbons (Fsp3) is 0.333. The Hall–Kier alpha value is -2.83. The highest BCUT2D eigenvalue weighted by molar-refractivity contribution is 5.85. The van der Waals surface area contributed by atoms with Gasteiger partial charge in [-0.3, -0.25) is 4.90 Å². The zero-order valence-corrected chi connectivity index (χ0v) is 18.5. The number of nitrogens with two attached hydrogens (primary N) is 1. The number of hydrogen-bond donors (Lipinski definition) is 1. The molecule has 7 heteroatoms. The Balaban J connectivity index is 0.00000341. The Morgan fingerprint density at radius 1 is 1.10 bits per heavy atom. The van der Waals surface area contributed by atoms with E-state index in [1.807, 2.05) is 24.3 Å². The zero-order chi connectivity index (χ0) is 21.5. The van der Waals surface area contributed by atoms with Crippen LogP contribution >= 0.6 is 12.4 Å². The maximum Gasteiger partial charge on any atom is 0.410 e. The summed E-state index contributed by atoms with van der Waals surface area (Å²) in [7, 11) is 1.55. The third-order valence-corrected chi connectivity index (χ3v) is 5.39. The average molecular weight is 445 g/mol. The molecule has 2 N–H and O–H groups in total. The number of hydrogen-bond acceptors (Lipinski definition) is 5. The number of esters is 1. The Morgan fingerprint density at radius 3 is 2.23 bits per heavy atom. The Labute approximate surface area is 189 Å². The van der Waals surface area contributed by atoms with E-state index in [-0.39, 0.29) is 31.5 Å². The minimum absolute atomic E-state index is 0. The van der Waals surface area contributed by atoms with Crippen molar-refractivity contribution in [3.8, 4) is 11.1 Å². The molecule has 166 valence electrons. The van der Waals surface area contributed by atoms with Crippen LogP contribution in [0.5, 0.6) is 0 Å². The van der Waals surface area contributed by atoms with Crippen molar-refractivity contribution >= 4 is 24.5 Å². The number of carbonyl (C=O) groups is 2. The van der Waals surface area contributed by atoms with Gasteiger partial charge in [0.05, 0.1) is 0 Å². The summed E-state index contributed by atoms with van der Waals surface area (Å²) in [6, 6.07) is 15.5. The van der Waals surface area contributed by atoms with Crippen LogP contribution in [-0.2, 0) is 14.3 Å². The number of carbonyl (C=O) groups excluding carboxylic acids is 2. The molecular formula is C24H29ClN2O4. The number of rotatable bonds is 9. The van der Waals surface area contributed by atoms with E-state index in [1.54, 1.807) is 7.05 Å². The van der Waals surface area contributed by atoms with Crippen LogP contribution in [-0.4, -0.2) is 49.8 Å². The predicted octanol–water partition coefficient (Wildman–Crippen LogP) is 4.13. The van der Waals surface area contributed by atoms with E-state index in [0.29, 0.717) is 19.4 Å². The molecule has 0 aliphatic heterocycles. The van der Waals surface area contributed by atoms with Gasteiger partial charge in [0.2, 0.25) is 0 Å². The van der Waals surface area contributed by atoms with Gasteiger partial charge in [0.1, 0.15) is 19.3 Å². The highest BCUT2D eigenvalue weighted by Crippen LogP contribution is 2.44. The molecule has 0 radical (unpaired) electrons. The Morgan fingerprint density at radius 2 is 1.68 bits per heavy atom. The number of nitrogens with zero attached hydrogens (tertiary/aromatic N) is 1. The summed E-state index contributed by atoms with van der Waals surface area (Å²) in [5, 5.41) is 0. The van der Waals surface area contributed by atoms with E-state index in [1.165, 1.54) is 11.0 Å². The van der Waals surface area contributed by atoms with Crippen molar-refractivity contribution in [1.82, 2.24) is 4.90 Å². The SMILES string of the molecule is C=CCOC(=O)[C@H](CCCN)N(C)C(=O)OCC1c2ccccc2-c2ccccc21.Cl. The lowest BCUT2D eigenvalue weighted by molar-refractivity contribution is -0.148. The summed E-state index contributed by atoms with van der Waals surface area (Å²) in [6.07, 6.45) is 1.93. The minimum Gasteiger partial charge on any atom is -0.460 e. The second-order valence-electron chi connectivity index (χ2n) is 7.28. The van der Waals surface area contributed by atoms with Crippen LogP contribution in [0.2, 0.25) is 0 Å². The molecule has 31 heavy (non-hydrogen) atoms. The first kappa shape index (κ1) is 24.4. The molecule has 3 rings (SSSR count). The van der Waals surface area contributed by atoms with Gasteiger partial charge >= 0.3 is 12.1 Å². The molecule has 6 nitrogen and oxygen atoms in total. The van der Waals surface area contributed by atoms with Crippen molar-refractivity contribution in [3.63, 3.8) is 0 Å². The van der Waals surface area contributed by atoms with E-state index >= 15 is 0 Å². The van der Waals surface area contributed by atoms with Crippen LogP contribution in [0.15, 0.2) is 61.2 Å². The van der Waals surface area contributed by atoms with Crippen molar-refractivity contribution < 1.29 is 19.1 Å². The number of fused-ring (bicyclic) bond motifs is 3. The molecule has 0 fully saturated rings. The van der Waals surface area contributed by atoms with E-state index < -0.39 is 18.1 Å². The van der Waals surface area contributed by atoms with Crippen LogP contribution in [0.3, 0.4) is 0 Å². The average Bonchev–Trinajstić information content (AvgIpc) is 3.10. The van der Waals surface area contributed by atoms with Crippen molar-refractivity contribution in [1.29, 1.82) is 0 Å². The van der Waals surface area contributed by atoms with Gasteiger partial charge in [-0.05, 0) is 41.6 Å². The van der Waals surface area contributed by atoms with Crippen molar-refractivity contribution in [2.45, 2.75) is 24.8 Å². The molecule has 0 heterocycles. The molecule has 0 saturated carbocycles. The van der Waals surface area contributed by atoms with Gasteiger partial charge in [0, 0.05) is 13.0 Å². The number of halogens is 1. The van der Waals surface area contributed by atoms with E-state index in [4.69, 9.17) is 15.2 Å². The monoisotopic (exact) mass is 444 g/mol. The second-order valence-corrected chi connectivity index (χ2v) is 7.28. The number of benzene rings is 2. The van der Waals surface area contributed by atoms with Crippen LogP contribution < -0.4 is 5.73 Å². The summed E-state index contributed by atoms with van der Waals surface area (Å²) in [5.41, 5.74) is 10.2. The number of ether oxygens (including phenoxy) is 2. The Kier molecular flexibility index (Phi) is 9.09. The first-order chi connectivity index (χ1) is 14.6. The Bertz CT molecular complexity index is 872. The lowest BCUT2D eigenvalue weighted by Gasteiger charge is -2.26. The predicted molar refractivity (Wildman–Crippen MR) is 123 cm³/mol. The topological polar surface area (TPSA) is 81.9 Å². The van der Waals surface area contributed by atoms with Crippen LogP contribution in [0.25, 0.3) is 11.1 Å². The zero-order valence-electron chi connectivity index (χ0n) is 17.7. The molecule has 2 aromatic carbocycles. The lowest BCUT2D eigenvalue weighted by atomic mass is 9.98. The molecule has 2 aromatic rings. The van der Waals surface area contributed by atoms with Gasteiger partial charge in [0.15, 0.2) is 0 Å². The van der Waals surface area contributed by atoms with Crippen molar-refractivity contribution in [3.05, 3.63) is 72.3 Å². The van der Waals surface area contributed by atoms with Gasteiger partial charge in [-0.15, -0.1) is 12.4 Å². The normalized spacial score (nSPS) is 12.7. The minimum atomic E-state index is -0.746. The van der Waals surface area contributed by atoms with Crippen molar-refractivity contribution in [2.75, 3.05) is 26.8 Å². The first-order valence-corrected chi connectivity index (χ1v) is 10.1. The van der Waals surface area contributed by atoms with Gasteiger partial charge in [-0.2, -0.15) is 0 Å². The van der Waals surface area contributed by atoms with E-state index in [2.05, 4.69) is 30.8 Å². The molecule has 1 amide bonds. The summed E-state index contributed by atoms with van der Waals surface area (Å²) in [5.74, 6) is -0.524. The molecule has 1 aliphatic carbocycles. The van der Waals surface area contributed by atoms with E-state index in [0.717, 1.165) is 22.3 Å². The summed E-state index contributed by atoms with van der Waals surface area (Å²) < 4.78 is 10.8.